The summed E-state index contributed by atoms with van der Waals surface area (Å²) >= 11 is 0. The first kappa shape index (κ1) is 10.2. The monoisotopic (exact) mass is 203 g/mol. The molecule has 0 saturated heterocycles. The summed E-state index contributed by atoms with van der Waals surface area (Å²) in [6, 6.07) is 6.32. The van der Waals surface area contributed by atoms with Crippen molar-refractivity contribution in [2.75, 3.05) is 0 Å². The maximum atomic E-state index is 5.91. The zero-order valence-electron chi connectivity index (χ0n) is 9.49. The molecule has 0 radical (unpaired) electrons. The molecule has 0 fully saturated rings. The second-order valence-corrected chi connectivity index (χ2v) is 4.00. The minimum Gasteiger partial charge on any atom is -0.327 e. The Balaban J connectivity index is 2.73. The zero-order valence-corrected chi connectivity index (χ0v) is 9.49. The number of benzene rings is 1. The van der Waals surface area contributed by atoms with Crippen molar-refractivity contribution in [2.24, 2.45) is 5.73 Å². The first-order valence-electron chi connectivity index (χ1n) is 5.36. The lowest BCUT2D eigenvalue weighted by Gasteiger charge is -2.08. The van der Waals surface area contributed by atoms with Crippen LogP contribution in [0.5, 0.6) is 0 Å². The maximum Gasteiger partial charge on any atom is 0.126 e. The molecule has 0 spiro atoms. The highest BCUT2D eigenvalue weighted by molar-refractivity contribution is 5.77. The molecule has 80 valence electrons. The summed E-state index contributed by atoms with van der Waals surface area (Å²) in [6.07, 6.45) is 0. The van der Waals surface area contributed by atoms with Gasteiger partial charge in [-0.15, -0.1) is 0 Å². The van der Waals surface area contributed by atoms with Gasteiger partial charge in [-0.05, 0) is 38.5 Å². The number of nitrogens with zero attached hydrogens (tertiary/aromatic N) is 2. The van der Waals surface area contributed by atoms with Crippen molar-refractivity contribution in [3.8, 4) is 0 Å². The smallest absolute Gasteiger partial charge is 0.126 e. The van der Waals surface area contributed by atoms with Crippen molar-refractivity contribution >= 4 is 11.0 Å². The van der Waals surface area contributed by atoms with Crippen LogP contribution >= 0.6 is 0 Å². The summed E-state index contributed by atoms with van der Waals surface area (Å²) in [7, 11) is 0. The third-order valence-corrected chi connectivity index (χ3v) is 2.66. The summed E-state index contributed by atoms with van der Waals surface area (Å²) in [5.74, 6) is 0.970. The quantitative estimate of drug-likeness (QED) is 0.814. The van der Waals surface area contributed by atoms with Crippen LogP contribution in [0.3, 0.4) is 0 Å². The highest BCUT2D eigenvalue weighted by atomic mass is 15.1. The zero-order chi connectivity index (χ0) is 11.0. The Morgan fingerprint density at radius 2 is 2.20 bits per heavy atom. The Morgan fingerprint density at radius 3 is 2.80 bits per heavy atom. The topological polar surface area (TPSA) is 43.8 Å². The Hall–Kier alpha value is -1.35. The van der Waals surface area contributed by atoms with E-state index in [1.54, 1.807) is 0 Å². The van der Waals surface area contributed by atoms with Crippen molar-refractivity contribution in [1.29, 1.82) is 0 Å². The largest absolute Gasteiger partial charge is 0.327 e. The van der Waals surface area contributed by atoms with E-state index in [0.717, 1.165) is 17.9 Å². The fraction of sp³-hybridized carbons (Fsp3) is 0.417. The lowest BCUT2D eigenvalue weighted by molar-refractivity contribution is 0.650. The average Bonchev–Trinajstić information content (AvgIpc) is 2.55. The van der Waals surface area contributed by atoms with Gasteiger partial charge in [0.1, 0.15) is 5.82 Å². The predicted molar refractivity (Wildman–Crippen MR) is 62.7 cm³/mol. The number of nitrogens with two attached hydrogens (primary N) is 1. The molecule has 1 aromatic carbocycles. The van der Waals surface area contributed by atoms with E-state index >= 15 is 0 Å². The molecule has 2 rings (SSSR count). The van der Waals surface area contributed by atoms with E-state index in [-0.39, 0.29) is 6.04 Å². The molecule has 15 heavy (non-hydrogen) atoms. The van der Waals surface area contributed by atoms with E-state index in [0.29, 0.717) is 0 Å². The third-order valence-electron chi connectivity index (χ3n) is 2.66. The molecule has 0 aliphatic carbocycles. The van der Waals surface area contributed by atoms with Gasteiger partial charge in [0.25, 0.3) is 0 Å². The molecule has 0 bridgehead atoms. The van der Waals surface area contributed by atoms with Gasteiger partial charge in [0.2, 0.25) is 0 Å². The number of hydrogen-bond donors (Lipinski definition) is 1. The maximum absolute atomic E-state index is 5.91. The lowest BCUT2D eigenvalue weighted by atomic mass is 10.2. The molecule has 2 N–H and O–H groups in total. The van der Waals surface area contributed by atoms with E-state index < -0.39 is 0 Å². The second kappa shape index (κ2) is 3.66. The highest BCUT2D eigenvalue weighted by Gasteiger charge is 2.12. The SMILES string of the molecule is CCn1c(C(C)N)nc2cc(C)ccc21. The van der Waals surface area contributed by atoms with Crippen LogP contribution in [-0.2, 0) is 6.54 Å². The summed E-state index contributed by atoms with van der Waals surface area (Å²) in [6.45, 7) is 7.08. The van der Waals surface area contributed by atoms with Crippen molar-refractivity contribution in [1.82, 2.24) is 9.55 Å². The van der Waals surface area contributed by atoms with E-state index in [4.69, 9.17) is 5.73 Å². The van der Waals surface area contributed by atoms with Crippen molar-refractivity contribution in [2.45, 2.75) is 33.4 Å². The van der Waals surface area contributed by atoms with Crippen LogP contribution in [0.4, 0.5) is 0 Å². The summed E-state index contributed by atoms with van der Waals surface area (Å²) in [4.78, 5) is 4.58. The molecular formula is C12H17N3. The van der Waals surface area contributed by atoms with Gasteiger partial charge in [0, 0.05) is 6.54 Å². The van der Waals surface area contributed by atoms with Crippen molar-refractivity contribution in [3.05, 3.63) is 29.6 Å². The van der Waals surface area contributed by atoms with Gasteiger partial charge < -0.3 is 10.3 Å². The number of fused-ring (bicyclic) bond motifs is 1. The summed E-state index contributed by atoms with van der Waals surface area (Å²) in [5, 5.41) is 0. The minimum absolute atomic E-state index is 0.0161. The van der Waals surface area contributed by atoms with Crippen molar-refractivity contribution in [3.63, 3.8) is 0 Å². The van der Waals surface area contributed by atoms with Gasteiger partial charge in [0.05, 0.1) is 17.1 Å². The van der Waals surface area contributed by atoms with Crippen LogP contribution in [-0.4, -0.2) is 9.55 Å². The lowest BCUT2D eigenvalue weighted by Crippen LogP contribution is -2.12. The van der Waals surface area contributed by atoms with Crippen molar-refractivity contribution < 1.29 is 0 Å². The van der Waals surface area contributed by atoms with Gasteiger partial charge in [-0.2, -0.15) is 0 Å². The van der Waals surface area contributed by atoms with Gasteiger partial charge >= 0.3 is 0 Å². The van der Waals surface area contributed by atoms with Gasteiger partial charge in [0.15, 0.2) is 0 Å². The number of rotatable bonds is 2. The number of imidazole rings is 1. The molecular weight excluding hydrogens is 186 g/mol. The third kappa shape index (κ3) is 1.63. The number of aryl methyl sites for hydroxylation is 2. The summed E-state index contributed by atoms with van der Waals surface area (Å²) < 4.78 is 2.18. The standard InChI is InChI=1S/C12H17N3/c1-4-15-11-6-5-8(2)7-10(11)14-12(15)9(3)13/h5-7,9H,4,13H2,1-3H3. The Kier molecular flexibility index (Phi) is 2.49. The molecule has 0 aliphatic rings. The normalized spacial score (nSPS) is 13.3. The van der Waals surface area contributed by atoms with Gasteiger partial charge in [-0.1, -0.05) is 6.07 Å². The predicted octanol–water partition coefficient (Wildman–Crippen LogP) is 2.38. The molecule has 2 aromatic rings. The van der Waals surface area contributed by atoms with Crippen LogP contribution in [0.15, 0.2) is 18.2 Å². The second-order valence-electron chi connectivity index (χ2n) is 4.00. The van der Waals surface area contributed by atoms with E-state index in [1.807, 2.05) is 6.92 Å². The van der Waals surface area contributed by atoms with E-state index in [1.165, 1.54) is 11.1 Å². The molecule has 0 aliphatic heterocycles. The van der Waals surface area contributed by atoms with E-state index in [9.17, 15) is 0 Å². The molecule has 1 aromatic heterocycles. The van der Waals surface area contributed by atoms with Crippen LogP contribution in [0.25, 0.3) is 11.0 Å². The first-order valence-corrected chi connectivity index (χ1v) is 5.36. The minimum atomic E-state index is -0.0161. The van der Waals surface area contributed by atoms with Gasteiger partial charge in [-0.3, -0.25) is 0 Å². The average molecular weight is 203 g/mol. The molecule has 0 amide bonds. The summed E-state index contributed by atoms with van der Waals surface area (Å²) in [5.41, 5.74) is 9.37. The van der Waals surface area contributed by atoms with Crippen LogP contribution in [0.2, 0.25) is 0 Å². The van der Waals surface area contributed by atoms with Crippen LogP contribution in [0.1, 0.15) is 31.3 Å². The van der Waals surface area contributed by atoms with Crippen LogP contribution < -0.4 is 5.73 Å². The number of aromatic nitrogens is 2. The molecule has 3 heteroatoms. The first-order chi connectivity index (χ1) is 7.13. The fourth-order valence-electron chi connectivity index (χ4n) is 1.94. The van der Waals surface area contributed by atoms with Gasteiger partial charge in [-0.25, -0.2) is 4.98 Å². The molecule has 1 unspecified atom stereocenters. The number of hydrogen-bond acceptors (Lipinski definition) is 2. The Morgan fingerprint density at radius 1 is 1.47 bits per heavy atom. The molecule has 3 nitrogen and oxygen atoms in total. The highest BCUT2D eigenvalue weighted by Crippen LogP contribution is 2.20. The molecule has 0 saturated carbocycles. The molecule has 1 heterocycles. The van der Waals surface area contributed by atoms with E-state index in [2.05, 4.69) is 41.6 Å². The Labute approximate surface area is 89.9 Å². The van der Waals surface area contributed by atoms with Crippen LogP contribution in [0, 0.1) is 6.92 Å². The fourth-order valence-corrected chi connectivity index (χ4v) is 1.94. The Bertz CT molecular complexity index is 483. The molecule has 1 atom stereocenters.